The molecule has 158 valence electrons. The van der Waals surface area contributed by atoms with Crippen LogP contribution < -0.4 is 9.47 Å². The molecule has 0 saturated carbocycles. The maximum absolute atomic E-state index is 13.4. The summed E-state index contributed by atoms with van der Waals surface area (Å²) in [5, 5.41) is 14.4. The SMILES string of the molecule is CCCn1cc(C(=O)N2CCO[C@H](CO)[C@H]2c2ccc(OC)c(OC)c2)c(C)n1. The zero-order valence-electron chi connectivity index (χ0n) is 17.4. The van der Waals surface area contributed by atoms with E-state index in [9.17, 15) is 9.90 Å². The number of aliphatic hydroxyl groups is 1. The Hall–Kier alpha value is -2.58. The van der Waals surface area contributed by atoms with Gasteiger partial charge in [-0.25, -0.2) is 0 Å². The van der Waals surface area contributed by atoms with Gasteiger partial charge in [0.15, 0.2) is 11.5 Å². The van der Waals surface area contributed by atoms with Crippen molar-refractivity contribution in [3.05, 3.63) is 41.2 Å². The van der Waals surface area contributed by atoms with Gasteiger partial charge >= 0.3 is 0 Å². The minimum Gasteiger partial charge on any atom is -0.493 e. The van der Waals surface area contributed by atoms with E-state index in [-0.39, 0.29) is 12.5 Å². The molecule has 1 aromatic carbocycles. The highest BCUT2D eigenvalue weighted by molar-refractivity contribution is 5.95. The smallest absolute Gasteiger partial charge is 0.258 e. The molecule has 0 bridgehead atoms. The van der Waals surface area contributed by atoms with Crippen molar-refractivity contribution in [2.24, 2.45) is 0 Å². The van der Waals surface area contributed by atoms with Gasteiger partial charge in [0.2, 0.25) is 0 Å². The summed E-state index contributed by atoms with van der Waals surface area (Å²) in [6, 6.07) is 5.05. The number of aryl methyl sites for hydroxylation is 2. The van der Waals surface area contributed by atoms with E-state index in [1.54, 1.807) is 36.1 Å². The first-order valence-electron chi connectivity index (χ1n) is 9.83. The van der Waals surface area contributed by atoms with E-state index in [1.165, 1.54) is 0 Å². The lowest BCUT2D eigenvalue weighted by molar-refractivity contribution is -0.0812. The maximum atomic E-state index is 13.4. The van der Waals surface area contributed by atoms with Gasteiger partial charge < -0.3 is 24.2 Å². The molecule has 8 heteroatoms. The van der Waals surface area contributed by atoms with Crippen LogP contribution in [-0.2, 0) is 11.3 Å². The number of rotatable bonds is 7. The molecule has 2 atom stereocenters. The zero-order chi connectivity index (χ0) is 21.0. The molecule has 1 saturated heterocycles. The molecule has 1 N–H and O–H groups in total. The van der Waals surface area contributed by atoms with Crippen LogP contribution >= 0.6 is 0 Å². The number of amides is 1. The third kappa shape index (κ3) is 4.23. The van der Waals surface area contributed by atoms with E-state index in [1.807, 2.05) is 19.1 Å². The van der Waals surface area contributed by atoms with Crippen molar-refractivity contribution in [1.29, 1.82) is 0 Å². The van der Waals surface area contributed by atoms with Gasteiger partial charge in [-0.15, -0.1) is 0 Å². The lowest BCUT2D eigenvalue weighted by Crippen LogP contribution is -2.49. The van der Waals surface area contributed by atoms with E-state index in [4.69, 9.17) is 14.2 Å². The van der Waals surface area contributed by atoms with E-state index < -0.39 is 12.1 Å². The molecule has 1 aliphatic heterocycles. The number of nitrogens with zero attached hydrogens (tertiary/aromatic N) is 3. The summed E-state index contributed by atoms with van der Waals surface area (Å²) in [6.45, 7) is 5.26. The summed E-state index contributed by atoms with van der Waals surface area (Å²) >= 11 is 0. The molecule has 0 spiro atoms. The van der Waals surface area contributed by atoms with Gasteiger partial charge in [0.1, 0.15) is 6.10 Å². The number of hydrogen-bond donors (Lipinski definition) is 1. The van der Waals surface area contributed by atoms with Gasteiger partial charge in [-0.1, -0.05) is 13.0 Å². The first kappa shape index (κ1) is 21.1. The van der Waals surface area contributed by atoms with E-state index >= 15 is 0 Å². The van der Waals surface area contributed by atoms with Crippen LogP contribution in [0.25, 0.3) is 0 Å². The van der Waals surface area contributed by atoms with Gasteiger partial charge in [0.25, 0.3) is 5.91 Å². The Morgan fingerprint density at radius 3 is 2.72 bits per heavy atom. The number of aliphatic hydroxyl groups excluding tert-OH is 1. The van der Waals surface area contributed by atoms with Gasteiger partial charge in [0, 0.05) is 19.3 Å². The Balaban J connectivity index is 1.99. The van der Waals surface area contributed by atoms with Crippen molar-refractivity contribution < 1.29 is 24.1 Å². The normalized spacial score (nSPS) is 19.3. The van der Waals surface area contributed by atoms with E-state index in [2.05, 4.69) is 12.0 Å². The Morgan fingerprint density at radius 1 is 1.31 bits per heavy atom. The molecule has 1 amide bonds. The lowest BCUT2D eigenvalue weighted by atomic mass is 9.97. The number of morpholine rings is 1. The predicted octanol–water partition coefficient (Wildman–Crippen LogP) is 2.19. The average Bonchev–Trinajstić information content (AvgIpc) is 3.12. The average molecular weight is 403 g/mol. The van der Waals surface area contributed by atoms with Gasteiger partial charge in [-0.3, -0.25) is 9.48 Å². The second-order valence-corrected chi connectivity index (χ2v) is 7.04. The summed E-state index contributed by atoms with van der Waals surface area (Å²) in [7, 11) is 3.14. The van der Waals surface area contributed by atoms with Crippen molar-refractivity contribution in [2.75, 3.05) is 34.0 Å². The first-order chi connectivity index (χ1) is 14.0. The molecule has 0 unspecified atom stereocenters. The molecule has 1 aromatic heterocycles. The van der Waals surface area contributed by atoms with Crippen LogP contribution in [0, 0.1) is 6.92 Å². The number of hydrogen-bond acceptors (Lipinski definition) is 6. The van der Waals surface area contributed by atoms with E-state index in [0.717, 1.165) is 18.5 Å². The summed E-state index contributed by atoms with van der Waals surface area (Å²) in [5.41, 5.74) is 2.08. The highest BCUT2D eigenvalue weighted by Crippen LogP contribution is 2.36. The predicted molar refractivity (Wildman–Crippen MR) is 107 cm³/mol. The number of carbonyl (C=O) groups is 1. The third-order valence-corrected chi connectivity index (χ3v) is 5.17. The molecule has 1 fully saturated rings. The van der Waals surface area contributed by atoms with Crippen molar-refractivity contribution >= 4 is 5.91 Å². The van der Waals surface area contributed by atoms with Crippen LogP contribution in [0.5, 0.6) is 11.5 Å². The topological polar surface area (TPSA) is 86.1 Å². The number of ether oxygens (including phenoxy) is 3. The van der Waals surface area contributed by atoms with Crippen molar-refractivity contribution in [3.63, 3.8) is 0 Å². The fraction of sp³-hybridized carbons (Fsp3) is 0.524. The van der Waals surface area contributed by atoms with Crippen LogP contribution in [0.3, 0.4) is 0 Å². The number of carbonyl (C=O) groups excluding carboxylic acids is 1. The van der Waals surface area contributed by atoms with Crippen LogP contribution in [-0.4, -0.2) is 65.8 Å². The number of aromatic nitrogens is 2. The fourth-order valence-electron chi connectivity index (χ4n) is 3.77. The van der Waals surface area contributed by atoms with Crippen LogP contribution in [0.4, 0.5) is 0 Å². The van der Waals surface area contributed by atoms with Crippen molar-refractivity contribution in [1.82, 2.24) is 14.7 Å². The standard InChI is InChI=1S/C21H29N3O5/c1-5-8-23-12-16(14(2)22-23)21(26)24-9-10-29-19(13-25)20(24)15-6-7-17(27-3)18(11-15)28-4/h6-7,11-12,19-20,25H,5,8-10,13H2,1-4H3/t19-,20-/m1/s1. The Labute approximate surface area is 171 Å². The summed E-state index contributed by atoms with van der Waals surface area (Å²) in [4.78, 5) is 15.2. The van der Waals surface area contributed by atoms with Gasteiger partial charge in [-0.2, -0.15) is 5.10 Å². The largest absolute Gasteiger partial charge is 0.493 e. The van der Waals surface area contributed by atoms with Gasteiger partial charge in [-0.05, 0) is 31.0 Å². The Morgan fingerprint density at radius 2 is 2.07 bits per heavy atom. The minimum atomic E-state index is -0.531. The molecule has 29 heavy (non-hydrogen) atoms. The highest BCUT2D eigenvalue weighted by Gasteiger charge is 2.37. The van der Waals surface area contributed by atoms with Crippen LogP contribution in [0.2, 0.25) is 0 Å². The molecular weight excluding hydrogens is 374 g/mol. The molecule has 0 radical (unpaired) electrons. The highest BCUT2D eigenvalue weighted by atomic mass is 16.5. The molecule has 2 aromatic rings. The number of benzene rings is 1. The molecule has 0 aliphatic carbocycles. The Kier molecular flexibility index (Phi) is 6.76. The second-order valence-electron chi connectivity index (χ2n) is 7.04. The zero-order valence-corrected chi connectivity index (χ0v) is 17.4. The van der Waals surface area contributed by atoms with Crippen molar-refractivity contribution in [2.45, 2.75) is 39.0 Å². The summed E-state index contributed by atoms with van der Waals surface area (Å²) in [6.07, 6.45) is 2.21. The lowest BCUT2D eigenvalue weighted by Gasteiger charge is -2.41. The monoisotopic (exact) mass is 403 g/mol. The quantitative estimate of drug-likeness (QED) is 0.763. The summed E-state index contributed by atoms with van der Waals surface area (Å²) in [5.74, 6) is 1.04. The van der Waals surface area contributed by atoms with Crippen LogP contribution in [0.1, 0.15) is 41.0 Å². The number of methoxy groups -OCH3 is 2. The first-order valence-corrected chi connectivity index (χ1v) is 9.83. The van der Waals surface area contributed by atoms with Crippen LogP contribution in [0.15, 0.2) is 24.4 Å². The fourth-order valence-corrected chi connectivity index (χ4v) is 3.77. The third-order valence-electron chi connectivity index (χ3n) is 5.17. The van der Waals surface area contributed by atoms with E-state index in [0.29, 0.717) is 35.9 Å². The minimum absolute atomic E-state index is 0.119. The molecule has 3 rings (SSSR count). The maximum Gasteiger partial charge on any atom is 0.258 e. The summed E-state index contributed by atoms with van der Waals surface area (Å²) < 4.78 is 18.3. The molecule has 8 nitrogen and oxygen atoms in total. The van der Waals surface area contributed by atoms with Crippen molar-refractivity contribution in [3.8, 4) is 11.5 Å². The second kappa shape index (κ2) is 9.28. The molecule has 1 aliphatic rings. The molecular formula is C21H29N3O5. The molecule has 2 heterocycles. The Bertz CT molecular complexity index is 851. The van der Waals surface area contributed by atoms with Gasteiger partial charge in [0.05, 0.1) is 44.7 Å².